The third-order valence-electron chi connectivity index (χ3n) is 2.41. The van der Waals surface area contributed by atoms with Crippen LogP contribution in [0.3, 0.4) is 0 Å². The molecule has 0 amide bonds. The van der Waals surface area contributed by atoms with Crippen LogP contribution in [0.5, 0.6) is 0 Å². The maximum Gasteiger partial charge on any atom is 0.133 e. The summed E-state index contributed by atoms with van der Waals surface area (Å²) in [5.74, 6) is 0.463. The molecule has 0 aromatic carbocycles. The number of rotatable bonds is 0. The summed E-state index contributed by atoms with van der Waals surface area (Å²) in [5.41, 5.74) is 3.27. The summed E-state index contributed by atoms with van der Waals surface area (Å²) < 4.78 is 0. The van der Waals surface area contributed by atoms with Crippen molar-refractivity contribution in [1.29, 1.82) is 0 Å². The highest BCUT2D eigenvalue weighted by molar-refractivity contribution is 5.80. The van der Waals surface area contributed by atoms with Crippen LogP contribution in [0, 0.1) is 0 Å². The minimum Gasteiger partial charge on any atom is -0.300 e. The predicted molar refractivity (Wildman–Crippen MR) is 39.7 cm³/mol. The van der Waals surface area contributed by atoms with Crippen LogP contribution >= 0.6 is 0 Å². The third kappa shape index (κ3) is 1.13. The summed E-state index contributed by atoms with van der Waals surface area (Å²) >= 11 is 0. The van der Waals surface area contributed by atoms with E-state index in [0.29, 0.717) is 5.78 Å². The SMILES string of the molecule is O=C1CCC(=C2CC2)CC1. The molecule has 0 bridgehead atoms. The van der Waals surface area contributed by atoms with Gasteiger partial charge in [-0.25, -0.2) is 0 Å². The van der Waals surface area contributed by atoms with Crippen molar-refractivity contribution >= 4 is 5.78 Å². The van der Waals surface area contributed by atoms with E-state index in [1.54, 1.807) is 11.1 Å². The van der Waals surface area contributed by atoms with Gasteiger partial charge in [0.25, 0.3) is 0 Å². The van der Waals surface area contributed by atoms with Crippen molar-refractivity contribution in [2.75, 3.05) is 0 Å². The van der Waals surface area contributed by atoms with Crippen LogP contribution < -0.4 is 0 Å². The Bertz CT molecular complexity index is 183. The van der Waals surface area contributed by atoms with E-state index in [4.69, 9.17) is 0 Å². The Kier molecular flexibility index (Phi) is 1.37. The normalized spacial score (nSPS) is 25.4. The van der Waals surface area contributed by atoms with Gasteiger partial charge in [0.2, 0.25) is 0 Å². The van der Waals surface area contributed by atoms with Gasteiger partial charge in [-0.05, 0) is 25.7 Å². The first kappa shape index (κ1) is 6.14. The van der Waals surface area contributed by atoms with Crippen LogP contribution in [-0.2, 0) is 4.79 Å². The maximum atomic E-state index is 10.8. The summed E-state index contributed by atoms with van der Waals surface area (Å²) in [5, 5.41) is 0. The molecule has 0 atom stereocenters. The summed E-state index contributed by atoms with van der Waals surface area (Å²) in [6.07, 6.45) is 6.44. The lowest BCUT2D eigenvalue weighted by Gasteiger charge is -2.11. The second kappa shape index (κ2) is 2.22. The lowest BCUT2D eigenvalue weighted by atomic mass is 9.93. The Morgan fingerprint density at radius 1 is 0.700 bits per heavy atom. The standard InChI is InChI=1S/C9H12O/c10-9-5-3-8(4-6-9)7-1-2-7/h1-6H2. The molecule has 0 spiro atoms. The molecule has 0 saturated heterocycles. The third-order valence-corrected chi connectivity index (χ3v) is 2.41. The van der Waals surface area contributed by atoms with Gasteiger partial charge in [-0.15, -0.1) is 0 Å². The van der Waals surface area contributed by atoms with Crippen LogP contribution in [0.1, 0.15) is 38.5 Å². The zero-order chi connectivity index (χ0) is 6.97. The number of carbonyl (C=O) groups excluding carboxylic acids is 1. The van der Waals surface area contributed by atoms with Gasteiger partial charge in [-0.2, -0.15) is 0 Å². The molecular formula is C9H12O. The fraction of sp³-hybridized carbons (Fsp3) is 0.667. The summed E-state index contributed by atoms with van der Waals surface area (Å²) in [7, 11) is 0. The molecule has 0 aromatic heterocycles. The van der Waals surface area contributed by atoms with Gasteiger partial charge in [-0.1, -0.05) is 11.1 Å². The van der Waals surface area contributed by atoms with E-state index in [0.717, 1.165) is 25.7 Å². The van der Waals surface area contributed by atoms with E-state index in [-0.39, 0.29) is 0 Å². The van der Waals surface area contributed by atoms with Crippen molar-refractivity contribution in [2.45, 2.75) is 38.5 Å². The summed E-state index contributed by atoms with van der Waals surface area (Å²) in [6, 6.07) is 0. The average molecular weight is 136 g/mol. The van der Waals surface area contributed by atoms with Gasteiger partial charge in [0.1, 0.15) is 5.78 Å². The molecule has 10 heavy (non-hydrogen) atoms. The summed E-state index contributed by atoms with van der Waals surface area (Å²) in [4.78, 5) is 10.8. The molecule has 2 aliphatic carbocycles. The first-order valence-electron chi connectivity index (χ1n) is 4.08. The molecule has 0 radical (unpaired) electrons. The zero-order valence-corrected chi connectivity index (χ0v) is 6.15. The van der Waals surface area contributed by atoms with E-state index in [2.05, 4.69) is 0 Å². The number of Topliss-reactive ketones (excluding diaryl/α,β-unsaturated/α-hetero) is 1. The molecule has 0 aliphatic heterocycles. The Labute approximate surface area is 61.1 Å². The average Bonchev–Trinajstić information content (AvgIpc) is 2.71. The largest absolute Gasteiger partial charge is 0.300 e. The molecule has 2 fully saturated rings. The monoisotopic (exact) mass is 136 g/mol. The Balaban J connectivity index is 2.03. The number of hydrogen-bond donors (Lipinski definition) is 0. The second-order valence-corrected chi connectivity index (χ2v) is 3.25. The van der Waals surface area contributed by atoms with Crippen molar-refractivity contribution < 1.29 is 4.79 Å². The van der Waals surface area contributed by atoms with E-state index in [1.807, 2.05) is 0 Å². The molecule has 2 saturated carbocycles. The van der Waals surface area contributed by atoms with Crippen molar-refractivity contribution in [3.05, 3.63) is 11.1 Å². The first-order chi connectivity index (χ1) is 4.86. The van der Waals surface area contributed by atoms with Crippen molar-refractivity contribution in [3.8, 4) is 0 Å². The Hall–Kier alpha value is -0.590. The van der Waals surface area contributed by atoms with Crippen LogP contribution in [0.2, 0.25) is 0 Å². The van der Waals surface area contributed by atoms with Gasteiger partial charge in [-0.3, -0.25) is 4.79 Å². The van der Waals surface area contributed by atoms with Gasteiger partial charge >= 0.3 is 0 Å². The molecule has 0 heterocycles. The molecule has 0 aromatic rings. The number of allylic oxidation sites excluding steroid dienone is 2. The molecule has 2 aliphatic rings. The molecule has 0 unspecified atom stereocenters. The van der Waals surface area contributed by atoms with Crippen LogP contribution in [0.4, 0.5) is 0 Å². The van der Waals surface area contributed by atoms with Gasteiger partial charge in [0.15, 0.2) is 0 Å². The van der Waals surface area contributed by atoms with Crippen LogP contribution in [-0.4, -0.2) is 5.78 Å². The smallest absolute Gasteiger partial charge is 0.133 e. The fourth-order valence-corrected chi connectivity index (χ4v) is 1.60. The van der Waals surface area contributed by atoms with Gasteiger partial charge < -0.3 is 0 Å². The Morgan fingerprint density at radius 2 is 1.10 bits per heavy atom. The van der Waals surface area contributed by atoms with Crippen LogP contribution in [0.25, 0.3) is 0 Å². The highest BCUT2D eigenvalue weighted by Crippen LogP contribution is 2.37. The van der Waals surface area contributed by atoms with E-state index >= 15 is 0 Å². The number of carbonyl (C=O) groups is 1. The minimum atomic E-state index is 0.463. The second-order valence-electron chi connectivity index (χ2n) is 3.25. The lowest BCUT2D eigenvalue weighted by Crippen LogP contribution is -2.05. The number of ketones is 1. The van der Waals surface area contributed by atoms with E-state index < -0.39 is 0 Å². The van der Waals surface area contributed by atoms with Gasteiger partial charge in [0, 0.05) is 12.8 Å². The highest BCUT2D eigenvalue weighted by atomic mass is 16.1. The zero-order valence-electron chi connectivity index (χ0n) is 6.15. The molecule has 0 N–H and O–H groups in total. The number of hydrogen-bond acceptors (Lipinski definition) is 1. The van der Waals surface area contributed by atoms with E-state index in [9.17, 15) is 4.79 Å². The molecule has 1 nitrogen and oxygen atoms in total. The molecule has 2 rings (SSSR count). The molecule has 1 heteroatoms. The van der Waals surface area contributed by atoms with Gasteiger partial charge in [0.05, 0.1) is 0 Å². The molecule has 54 valence electrons. The Morgan fingerprint density at radius 3 is 1.50 bits per heavy atom. The van der Waals surface area contributed by atoms with Crippen LogP contribution in [0.15, 0.2) is 11.1 Å². The van der Waals surface area contributed by atoms with Crippen molar-refractivity contribution in [2.24, 2.45) is 0 Å². The van der Waals surface area contributed by atoms with E-state index in [1.165, 1.54) is 12.8 Å². The topological polar surface area (TPSA) is 17.1 Å². The highest BCUT2D eigenvalue weighted by Gasteiger charge is 2.21. The minimum absolute atomic E-state index is 0.463. The molecular weight excluding hydrogens is 124 g/mol. The van der Waals surface area contributed by atoms with Crippen molar-refractivity contribution in [1.82, 2.24) is 0 Å². The lowest BCUT2D eigenvalue weighted by molar-refractivity contribution is -0.119. The van der Waals surface area contributed by atoms with Crippen molar-refractivity contribution in [3.63, 3.8) is 0 Å². The maximum absolute atomic E-state index is 10.8. The predicted octanol–water partition coefficient (Wildman–Crippen LogP) is 2.22. The summed E-state index contributed by atoms with van der Waals surface area (Å²) in [6.45, 7) is 0. The fourth-order valence-electron chi connectivity index (χ4n) is 1.60. The quantitative estimate of drug-likeness (QED) is 0.467. The first-order valence-corrected chi connectivity index (χ1v) is 4.08.